The summed E-state index contributed by atoms with van der Waals surface area (Å²) in [6, 6.07) is 7.07. The first-order valence-corrected chi connectivity index (χ1v) is 10.6. The van der Waals surface area contributed by atoms with Crippen LogP contribution in [0.2, 0.25) is 0 Å². The summed E-state index contributed by atoms with van der Waals surface area (Å²) in [6.07, 6.45) is 1.83. The number of amides is 1. The van der Waals surface area contributed by atoms with Gasteiger partial charge in [-0.05, 0) is 6.07 Å². The summed E-state index contributed by atoms with van der Waals surface area (Å²) in [5.41, 5.74) is 0.828. The second kappa shape index (κ2) is 6.64. The number of benzene rings is 1. The molecule has 0 radical (unpaired) electrons. The highest BCUT2D eigenvalue weighted by Crippen LogP contribution is 2.27. The summed E-state index contributed by atoms with van der Waals surface area (Å²) >= 11 is 0. The van der Waals surface area contributed by atoms with Crippen LogP contribution < -0.4 is 0 Å². The molecule has 2 saturated heterocycles. The minimum atomic E-state index is -3.18. The molecule has 1 aromatic heterocycles. The molecule has 0 aliphatic carbocycles. The number of β-amino-alcohol motifs (C(OH)–C–C–N with tert-alkyl or cyclic N) is 1. The molecule has 1 N–H and O–H groups in total. The van der Waals surface area contributed by atoms with Gasteiger partial charge in [0.1, 0.15) is 6.54 Å². The molecular weight excluding hydrogens is 356 g/mol. The molecule has 2 aromatic rings. The zero-order chi connectivity index (χ0) is 18.3. The second-order valence-electron chi connectivity index (χ2n) is 6.94. The average molecular weight is 378 g/mol. The number of aliphatic hydroxyl groups is 1. The molecular formula is C17H22N4O4S. The van der Waals surface area contributed by atoms with Crippen molar-refractivity contribution in [2.24, 2.45) is 0 Å². The van der Waals surface area contributed by atoms with Crippen LogP contribution in [0.15, 0.2) is 30.5 Å². The van der Waals surface area contributed by atoms with Gasteiger partial charge in [-0.3, -0.25) is 14.4 Å². The van der Waals surface area contributed by atoms with Gasteiger partial charge in [0.25, 0.3) is 0 Å². The van der Waals surface area contributed by atoms with Gasteiger partial charge in [0.15, 0.2) is 9.84 Å². The molecule has 2 aliphatic rings. The van der Waals surface area contributed by atoms with Crippen molar-refractivity contribution in [2.45, 2.75) is 18.6 Å². The Balaban J connectivity index is 1.53. The number of hydrogen-bond acceptors (Lipinski definition) is 6. The maximum atomic E-state index is 12.9. The van der Waals surface area contributed by atoms with Crippen LogP contribution in [-0.4, -0.2) is 88.8 Å². The molecule has 0 saturated carbocycles. The number of sulfone groups is 1. The molecule has 2 aliphatic heterocycles. The number of aromatic nitrogens is 2. The Labute approximate surface area is 151 Å². The Hall–Kier alpha value is -1.97. The summed E-state index contributed by atoms with van der Waals surface area (Å²) in [4.78, 5) is 16.5. The Morgan fingerprint density at radius 3 is 2.73 bits per heavy atom. The monoisotopic (exact) mass is 378 g/mol. The van der Waals surface area contributed by atoms with Gasteiger partial charge in [-0.1, -0.05) is 18.2 Å². The highest BCUT2D eigenvalue weighted by molar-refractivity contribution is 7.91. The lowest BCUT2D eigenvalue weighted by Crippen LogP contribution is -2.61. The molecule has 0 spiro atoms. The topological polar surface area (TPSA) is 95.7 Å². The first-order chi connectivity index (χ1) is 12.5. The third-order valence-corrected chi connectivity index (χ3v) is 6.96. The summed E-state index contributed by atoms with van der Waals surface area (Å²) in [7, 11) is -3.18. The summed E-state index contributed by atoms with van der Waals surface area (Å²) in [5, 5.41) is 14.6. The van der Waals surface area contributed by atoms with E-state index in [1.54, 1.807) is 9.58 Å². The van der Waals surface area contributed by atoms with Gasteiger partial charge >= 0.3 is 0 Å². The van der Waals surface area contributed by atoms with Crippen molar-refractivity contribution in [3.05, 3.63) is 30.5 Å². The Morgan fingerprint density at radius 2 is 1.96 bits per heavy atom. The highest BCUT2D eigenvalue weighted by atomic mass is 32.2. The molecule has 1 amide bonds. The zero-order valence-corrected chi connectivity index (χ0v) is 15.2. The van der Waals surface area contributed by atoms with Crippen LogP contribution in [0.5, 0.6) is 0 Å². The first kappa shape index (κ1) is 17.4. The van der Waals surface area contributed by atoms with Gasteiger partial charge < -0.3 is 10.0 Å². The SMILES string of the molecule is O=C(Cn1cc2ccccc2n1)N1CCN(CCO)[C@H]2CS(=O)(=O)C[C@H]21. The molecule has 140 valence electrons. The minimum Gasteiger partial charge on any atom is -0.395 e. The molecule has 1 aromatic carbocycles. The Morgan fingerprint density at radius 1 is 1.19 bits per heavy atom. The summed E-state index contributed by atoms with van der Waals surface area (Å²) in [6.45, 7) is 1.55. The van der Waals surface area contributed by atoms with E-state index < -0.39 is 9.84 Å². The smallest absolute Gasteiger partial charge is 0.244 e. The van der Waals surface area contributed by atoms with E-state index in [4.69, 9.17) is 0 Å². The van der Waals surface area contributed by atoms with E-state index in [9.17, 15) is 18.3 Å². The van der Waals surface area contributed by atoms with Crippen LogP contribution in [0.3, 0.4) is 0 Å². The van der Waals surface area contributed by atoms with Crippen LogP contribution in [-0.2, 0) is 21.2 Å². The molecule has 3 heterocycles. The number of fused-ring (bicyclic) bond motifs is 2. The van der Waals surface area contributed by atoms with E-state index in [0.717, 1.165) is 10.9 Å². The number of aliphatic hydroxyl groups excluding tert-OH is 1. The molecule has 2 atom stereocenters. The maximum absolute atomic E-state index is 12.9. The van der Waals surface area contributed by atoms with Crippen molar-refractivity contribution >= 4 is 26.6 Å². The number of piperazine rings is 1. The number of hydrogen-bond donors (Lipinski definition) is 1. The molecule has 2 fully saturated rings. The van der Waals surface area contributed by atoms with Gasteiger partial charge in [0.05, 0.1) is 29.7 Å². The molecule has 8 nitrogen and oxygen atoms in total. The quantitative estimate of drug-likeness (QED) is 0.759. The van der Waals surface area contributed by atoms with Gasteiger partial charge in [-0.15, -0.1) is 0 Å². The van der Waals surface area contributed by atoms with Crippen molar-refractivity contribution in [3.63, 3.8) is 0 Å². The number of nitrogens with zero attached hydrogens (tertiary/aromatic N) is 4. The Bertz CT molecular complexity index is 893. The first-order valence-electron chi connectivity index (χ1n) is 8.74. The van der Waals surface area contributed by atoms with E-state index in [0.29, 0.717) is 19.6 Å². The van der Waals surface area contributed by atoms with Crippen molar-refractivity contribution in [3.8, 4) is 0 Å². The third-order valence-electron chi connectivity index (χ3n) is 5.26. The largest absolute Gasteiger partial charge is 0.395 e. The summed E-state index contributed by atoms with van der Waals surface area (Å²) in [5.74, 6) is -0.0759. The summed E-state index contributed by atoms with van der Waals surface area (Å²) < 4.78 is 25.9. The van der Waals surface area contributed by atoms with Gasteiger partial charge in [0, 0.05) is 37.3 Å². The van der Waals surface area contributed by atoms with Crippen LogP contribution in [0.1, 0.15) is 0 Å². The number of carbonyl (C=O) groups is 1. The van der Waals surface area contributed by atoms with Gasteiger partial charge in [0.2, 0.25) is 5.91 Å². The second-order valence-corrected chi connectivity index (χ2v) is 9.10. The molecule has 26 heavy (non-hydrogen) atoms. The third kappa shape index (κ3) is 3.22. The maximum Gasteiger partial charge on any atom is 0.244 e. The molecule has 9 heteroatoms. The van der Waals surface area contributed by atoms with Crippen LogP contribution in [0, 0.1) is 0 Å². The fourth-order valence-corrected chi connectivity index (χ4v) is 6.08. The number of carbonyl (C=O) groups excluding carboxylic acids is 1. The van der Waals surface area contributed by atoms with E-state index in [-0.39, 0.29) is 42.6 Å². The lowest BCUT2D eigenvalue weighted by atomic mass is 10.0. The van der Waals surface area contributed by atoms with Crippen molar-refractivity contribution < 1.29 is 18.3 Å². The van der Waals surface area contributed by atoms with Crippen LogP contribution in [0.25, 0.3) is 10.9 Å². The van der Waals surface area contributed by atoms with Crippen LogP contribution >= 0.6 is 0 Å². The van der Waals surface area contributed by atoms with Gasteiger partial charge in [-0.25, -0.2) is 8.42 Å². The van der Waals surface area contributed by atoms with Crippen LogP contribution in [0.4, 0.5) is 0 Å². The van der Waals surface area contributed by atoms with Crippen molar-refractivity contribution in [2.75, 3.05) is 37.7 Å². The van der Waals surface area contributed by atoms with Crippen molar-refractivity contribution in [1.29, 1.82) is 0 Å². The number of rotatable bonds is 4. The fraction of sp³-hybridized carbons (Fsp3) is 0.529. The van der Waals surface area contributed by atoms with Gasteiger partial charge in [-0.2, -0.15) is 5.10 Å². The van der Waals surface area contributed by atoms with E-state index in [1.807, 2.05) is 35.4 Å². The lowest BCUT2D eigenvalue weighted by Gasteiger charge is -2.43. The van der Waals surface area contributed by atoms with Crippen molar-refractivity contribution in [1.82, 2.24) is 19.6 Å². The lowest BCUT2D eigenvalue weighted by molar-refractivity contribution is -0.137. The average Bonchev–Trinajstić information content (AvgIpc) is 3.14. The zero-order valence-electron chi connectivity index (χ0n) is 14.4. The van der Waals surface area contributed by atoms with E-state index in [1.165, 1.54) is 0 Å². The predicted octanol–water partition coefficient (Wildman–Crippen LogP) is -0.662. The fourth-order valence-electron chi connectivity index (χ4n) is 4.07. The van der Waals surface area contributed by atoms with E-state index in [2.05, 4.69) is 5.10 Å². The Kier molecular flexibility index (Phi) is 4.45. The molecule has 0 bridgehead atoms. The standard InChI is InChI=1S/C17H22N4O4S/c22-8-7-19-5-6-21(16-12-26(24,25)11-15(16)19)17(23)10-20-9-13-3-1-2-4-14(13)18-20/h1-4,9,15-16,22H,5-8,10-12H2/t15-,16+/m0/s1. The molecule has 4 rings (SSSR count). The molecule has 0 unspecified atom stereocenters. The predicted molar refractivity (Wildman–Crippen MR) is 96.3 cm³/mol. The van der Waals surface area contributed by atoms with E-state index >= 15 is 0 Å². The highest BCUT2D eigenvalue weighted by Gasteiger charge is 2.47. The minimum absolute atomic E-state index is 0.00752. The normalized spacial score (nSPS) is 25.5.